The molecule has 94 valence electrons. The average Bonchev–Trinajstić information content (AvgIpc) is 2.40. The number of aromatic nitrogens is 3. The molecule has 4 heteroatoms. The van der Waals surface area contributed by atoms with Crippen LogP contribution in [0, 0.1) is 0 Å². The largest absolute Gasteiger partial charge is 0.363 e. The Hall–Kier alpha value is -1.97. The Kier molecular flexibility index (Phi) is 4.23. The van der Waals surface area contributed by atoms with E-state index in [1.165, 1.54) is 5.56 Å². The normalized spacial score (nSPS) is 12.1. The number of hydrogen-bond acceptors (Lipinski definition) is 4. The van der Waals surface area contributed by atoms with Gasteiger partial charge in [0.2, 0.25) is 0 Å². The van der Waals surface area contributed by atoms with Crippen LogP contribution in [0.5, 0.6) is 0 Å². The topological polar surface area (TPSA) is 50.7 Å². The molecule has 0 aromatic carbocycles. The van der Waals surface area contributed by atoms with Gasteiger partial charge in [0.25, 0.3) is 0 Å². The van der Waals surface area contributed by atoms with E-state index in [9.17, 15) is 0 Å². The highest BCUT2D eigenvalue weighted by Gasteiger charge is 2.06. The van der Waals surface area contributed by atoms with Crippen molar-refractivity contribution in [3.05, 3.63) is 48.2 Å². The molecule has 0 saturated heterocycles. The lowest BCUT2D eigenvalue weighted by Crippen LogP contribution is -2.08. The van der Waals surface area contributed by atoms with Crippen LogP contribution >= 0.6 is 0 Å². The van der Waals surface area contributed by atoms with E-state index in [1.807, 2.05) is 18.2 Å². The highest BCUT2D eigenvalue weighted by Crippen LogP contribution is 2.17. The van der Waals surface area contributed by atoms with Gasteiger partial charge in [0.05, 0.1) is 6.04 Å². The van der Waals surface area contributed by atoms with Crippen LogP contribution in [0.25, 0.3) is 0 Å². The molecule has 18 heavy (non-hydrogen) atoms. The summed E-state index contributed by atoms with van der Waals surface area (Å²) in [5, 5.41) is 3.38. The van der Waals surface area contributed by atoms with E-state index in [-0.39, 0.29) is 6.04 Å². The van der Waals surface area contributed by atoms with Gasteiger partial charge in [-0.3, -0.25) is 4.98 Å². The molecule has 0 spiro atoms. The number of anilines is 1. The van der Waals surface area contributed by atoms with Crippen LogP contribution in [0.1, 0.15) is 37.6 Å². The molecule has 1 atom stereocenters. The van der Waals surface area contributed by atoms with Gasteiger partial charge in [-0.25, -0.2) is 9.97 Å². The predicted molar refractivity (Wildman–Crippen MR) is 72.3 cm³/mol. The van der Waals surface area contributed by atoms with Gasteiger partial charge in [-0.05, 0) is 31.0 Å². The lowest BCUT2D eigenvalue weighted by atomic mass is 10.1. The first-order valence-electron chi connectivity index (χ1n) is 6.27. The molecular formula is C14H18N4. The second kappa shape index (κ2) is 6.10. The van der Waals surface area contributed by atoms with Crippen molar-refractivity contribution in [2.75, 3.05) is 5.32 Å². The molecule has 2 rings (SSSR count). The molecule has 0 aliphatic carbocycles. The fourth-order valence-electron chi connectivity index (χ4n) is 1.83. The Morgan fingerprint density at radius 1 is 1.22 bits per heavy atom. The summed E-state index contributed by atoms with van der Waals surface area (Å²) in [6.07, 6.45) is 7.30. The summed E-state index contributed by atoms with van der Waals surface area (Å²) in [5.74, 6) is 0.873. The zero-order valence-corrected chi connectivity index (χ0v) is 10.8. The highest BCUT2D eigenvalue weighted by atomic mass is 15.0. The summed E-state index contributed by atoms with van der Waals surface area (Å²) in [6.45, 7) is 4.26. The van der Waals surface area contributed by atoms with E-state index in [0.29, 0.717) is 0 Å². The third-order valence-electron chi connectivity index (χ3n) is 2.80. The van der Waals surface area contributed by atoms with E-state index in [4.69, 9.17) is 0 Å². The van der Waals surface area contributed by atoms with Crippen molar-refractivity contribution in [2.24, 2.45) is 0 Å². The van der Waals surface area contributed by atoms with Gasteiger partial charge in [-0.15, -0.1) is 0 Å². The molecule has 0 amide bonds. The summed E-state index contributed by atoms with van der Waals surface area (Å²) in [6, 6.07) is 6.23. The Morgan fingerprint density at radius 2 is 2.00 bits per heavy atom. The van der Waals surface area contributed by atoms with Crippen molar-refractivity contribution in [2.45, 2.75) is 32.7 Å². The van der Waals surface area contributed by atoms with Crippen LogP contribution < -0.4 is 5.32 Å². The molecule has 0 saturated carbocycles. The molecule has 0 fully saturated rings. The quantitative estimate of drug-likeness (QED) is 0.875. The molecule has 0 bridgehead atoms. The standard InChI is InChI=1S/C14H18N4/c1-3-4-13-9-14(17-10-16-13)18-11(2)12-5-7-15-8-6-12/h5-11H,3-4H2,1-2H3,(H,16,17,18). The Bertz CT molecular complexity index is 484. The summed E-state index contributed by atoms with van der Waals surface area (Å²) >= 11 is 0. The van der Waals surface area contributed by atoms with Gasteiger partial charge in [-0.1, -0.05) is 13.3 Å². The first kappa shape index (κ1) is 12.5. The summed E-state index contributed by atoms with van der Waals surface area (Å²) in [7, 11) is 0. The fraction of sp³-hybridized carbons (Fsp3) is 0.357. The molecule has 2 heterocycles. The zero-order chi connectivity index (χ0) is 12.8. The number of nitrogens with one attached hydrogen (secondary N) is 1. The van der Waals surface area contributed by atoms with Gasteiger partial charge >= 0.3 is 0 Å². The number of rotatable bonds is 5. The van der Waals surface area contributed by atoms with Crippen molar-refractivity contribution < 1.29 is 0 Å². The van der Waals surface area contributed by atoms with Gasteiger partial charge in [0.1, 0.15) is 12.1 Å². The van der Waals surface area contributed by atoms with Gasteiger partial charge in [0, 0.05) is 24.2 Å². The summed E-state index contributed by atoms with van der Waals surface area (Å²) in [5.41, 5.74) is 2.28. The third kappa shape index (κ3) is 3.26. The van der Waals surface area contributed by atoms with E-state index in [2.05, 4.69) is 34.1 Å². The maximum Gasteiger partial charge on any atom is 0.130 e. The molecule has 2 aromatic rings. The minimum absolute atomic E-state index is 0.206. The average molecular weight is 242 g/mol. The first-order valence-corrected chi connectivity index (χ1v) is 6.27. The molecule has 1 unspecified atom stereocenters. The molecule has 4 nitrogen and oxygen atoms in total. The monoisotopic (exact) mass is 242 g/mol. The van der Waals surface area contributed by atoms with Crippen molar-refractivity contribution in [1.29, 1.82) is 0 Å². The number of aryl methyl sites for hydroxylation is 1. The SMILES string of the molecule is CCCc1cc(NC(C)c2ccncc2)ncn1. The van der Waals surface area contributed by atoms with Crippen LogP contribution in [-0.2, 0) is 6.42 Å². The molecule has 0 aliphatic heterocycles. The fourth-order valence-corrected chi connectivity index (χ4v) is 1.83. The van der Waals surface area contributed by atoms with Gasteiger partial charge in [0.15, 0.2) is 0 Å². The van der Waals surface area contributed by atoms with Gasteiger partial charge in [-0.2, -0.15) is 0 Å². The summed E-state index contributed by atoms with van der Waals surface area (Å²) < 4.78 is 0. The van der Waals surface area contributed by atoms with Crippen LogP contribution in [0.15, 0.2) is 36.9 Å². The number of nitrogens with zero attached hydrogens (tertiary/aromatic N) is 3. The summed E-state index contributed by atoms with van der Waals surface area (Å²) in [4.78, 5) is 12.5. The van der Waals surface area contributed by atoms with Gasteiger partial charge < -0.3 is 5.32 Å². The minimum Gasteiger partial charge on any atom is -0.363 e. The van der Waals surface area contributed by atoms with Crippen molar-refractivity contribution in [1.82, 2.24) is 15.0 Å². The first-order chi connectivity index (χ1) is 8.79. The molecule has 0 aliphatic rings. The van der Waals surface area contributed by atoms with E-state index in [0.717, 1.165) is 24.4 Å². The molecule has 0 radical (unpaired) electrons. The molecule has 2 aromatic heterocycles. The Balaban J connectivity index is 2.07. The van der Waals surface area contributed by atoms with Crippen LogP contribution in [0.3, 0.4) is 0 Å². The second-order valence-corrected chi connectivity index (χ2v) is 4.29. The van der Waals surface area contributed by atoms with Crippen LogP contribution in [0.4, 0.5) is 5.82 Å². The molecular weight excluding hydrogens is 224 g/mol. The van der Waals surface area contributed by atoms with E-state index < -0.39 is 0 Å². The lowest BCUT2D eigenvalue weighted by molar-refractivity contribution is 0.847. The maximum absolute atomic E-state index is 4.25. The van der Waals surface area contributed by atoms with Crippen LogP contribution in [-0.4, -0.2) is 15.0 Å². The van der Waals surface area contributed by atoms with Crippen molar-refractivity contribution in [3.63, 3.8) is 0 Å². The van der Waals surface area contributed by atoms with E-state index >= 15 is 0 Å². The Morgan fingerprint density at radius 3 is 2.72 bits per heavy atom. The number of pyridine rings is 1. The maximum atomic E-state index is 4.25. The highest BCUT2D eigenvalue weighted by molar-refractivity contribution is 5.38. The van der Waals surface area contributed by atoms with Crippen LogP contribution in [0.2, 0.25) is 0 Å². The molecule has 1 N–H and O–H groups in total. The lowest BCUT2D eigenvalue weighted by Gasteiger charge is -2.14. The van der Waals surface area contributed by atoms with Crippen molar-refractivity contribution in [3.8, 4) is 0 Å². The van der Waals surface area contributed by atoms with Crippen molar-refractivity contribution >= 4 is 5.82 Å². The minimum atomic E-state index is 0.206. The zero-order valence-electron chi connectivity index (χ0n) is 10.8. The third-order valence-corrected chi connectivity index (χ3v) is 2.80. The Labute approximate surface area is 108 Å². The van der Waals surface area contributed by atoms with E-state index in [1.54, 1.807) is 18.7 Å². The predicted octanol–water partition coefficient (Wildman–Crippen LogP) is 3.00. The smallest absolute Gasteiger partial charge is 0.130 e. The number of hydrogen-bond donors (Lipinski definition) is 1. The second-order valence-electron chi connectivity index (χ2n) is 4.29.